The number of anilines is 3. The number of piperidine rings is 3. The minimum atomic E-state index is 0.309. The van der Waals surface area contributed by atoms with Gasteiger partial charge in [-0.1, -0.05) is 34.6 Å². The number of rotatable bonds is 12. The first-order valence-corrected chi connectivity index (χ1v) is 23.6. The van der Waals surface area contributed by atoms with Gasteiger partial charge < -0.3 is 29.4 Å². The van der Waals surface area contributed by atoms with E-state index in [2.05, 4.69) is 78.7 Å². The van der Waals surface area contributed by atoms with Crippen molar-refractivity contribution in [1.29, 1.82) is 0 Å². The van der Waals surface area contributed by atoms with Crippen LogP contribution in [0.4, 0.5) is 17.8 Å². The van der Waals surface area contributed by atoms with Gasteiger partial charge in [0.1, 0.15) is 0 Å². The number of carbonyl (C=O) groups excluding carboxylic acids is 3. The van der Waals surface area contributed by atoms with E-state index in [0.29, 0.717) is 66.9 Å². The fourth-order valence-electron chi connectivity index (χ4n) is 10.4. The predicted octanol–water partition coefficient (Wildman–Crippen LogP) is 3.10. The summed E-state index contributed by atoms with van der Waals surface area (Å²) < 4.78 is 0. The third-order valence-electron chi connectivity index (χ3n) is 14.0. The fraction of sp³-hybridized carbons (Fsp3) is 0.864. The van der Waals surface area contributed by atoms with E-state index in [-0.39, 0.29) is 0 Å². The molecule has 15 nitrogen and oxygen atoms in total. The van der Waals surface area contributed by atoms with Crippen LogP contribution >= 0.6 is 0 Å². The maximum atomic E-state index is 12.7. The zero-order chi connectivity index (χ0) is 41.5. The lowest BCUT2D eigenvalue weighted by molar-refractivity contribution is -0.134. The summed E-state index contributed by atoms with van der Waals surface area (Å²) in [6.45, 7) is 27.0. The van der Waals surface area contributed by atoms with Gasteiger partial charge in [-0.2, -0.15) is 15.0 Å². The van der Waals surface area contributed by atoms with Crippen LogP contribution in [-0.4, -0.2) is 198 Å². The van der Waals surface area contributed by atoms with Gasteiger partial charge in [-0.05, 0) is 56.8 Å². The van der Waals surface area contributed by atoms with Gasteiger partial charge in [0, 0.05) is 155 Å². The zero-order valence-corrected chi connectivity index (χ0v) is 37.3. The highest BCUT2D eigenvalue weighted by Gasteiger charge is 2.34. The summed E-state index contributed by atoms with van der Waals surface area (Å²) in [6.07, 6.45) is 9.17. The van der Waals surface area contributed by atoms with Crippen molar-refractivity contribution in [3.8, 4) is 0 Å². The summed E-state index contributed by atoms with van der Waals surface area (Å²) in [5.74, 6) is 4.12. The Kier molecular flexibility index (Phi) is 15.2. The van der Waals surface area contributed by atoms with Gasteiger partial charge in [0.05, 0.1) is 0 Å². The molecule has 0 saturated carbocycles. The Morgan fingerprint density at radius 3 is 0.966 bits per heavy atom. The summed E-state index contributed by atoms with van der Waals surface area (Å²) in [5, 5.41) is 0. The highest BCUT2D eigenvalue weighted by Crippen LogP contribution is 2.27. The molecule has 0 atom stereocenters. The SMILES string of the molecule is CCCC(=O)N1CCC(N2CCN(c3nc(N4CCN(C5CCN(C(=O)CC(C)C)CC5)CC4)nc(N4CCN(C5CCN(C(=O)CC(C)C)CC5)CC4)n3)CC2)CC1. The van der Waals surface area contributed by atoms with Crippen molar-refractivity contribution >= 4 is 35.6 Å². The van der Waals surface area contributed by atoms with Crippen LogP contribution in [0.3, 0.4) is 0 Å². The summed E-state index contributed by atoms with van der Waals surface area (Å²) in [5.41, 5.74) is 0. The van der Waals surface area contributed by atoms with E-state index < -0.39 is 0 Å². The van der Waals surface area contributed by atoms with Crippen LogP contribution in [0.5, 0.6) is 0 Å². The number of hydrogen-bond acceptors (Lipinski definition) is 12. The van der Waals surface area contributed by atoms with Crippen LogP contribution in [0.25, 0.3) is 0 Å². The highest BCUT2D eigenvalue weighted by molar-refractivity contribution is 5.77. The third kappa shape index (κ3) is 11.3. The van der Waals surface area contributed by atoms with Crippen LogP contribution < -0.4 is 14.7 Å². The van der Waals surface area contributed by atoms with Crippen molar-refractivity contribution in [2.24, 2.45) is 11.8 Å². The van der Waals surface area contributed by atoms with E-state index in [9.17, 15) is 14.4 Å². The van der Waals surface area contributed by atoms with Gasteiger partial charge in [-0.25, -0.2) is 0 Å². The van der Waals surface area contributed by atoms with Crippen molar-refractivity contribution in [1.82, 2.24) is 44.4 Å². The average Bonchev–Trinajstić information content (AvgIpc) is 3.26. The fourth-order valence-corrected chi connectivity index (χ4v) is 10.4. The quantitative estimate of drug-likeness (QED) is 0.309. The molecule has 6 saturated heterocycles. The molecule has 6 aliphatic heterocycles. The summed E-state index contributed by atoms with van der Waals surface area (Å²) in [4.78, 5) is 74.8. The van der Waals surface area contributed by atoms with E-state index in [4.69, 9.17) is 15.0 Å². The molecule has 1 aromatic rings. The van der Waals surface area contributed by atoms with E-state index in [1.54, 1.807) is 0 Å². The maximum Gasteiger partial charge on any atom is 0.232 e. The van der Waals surface area contributed by atoms with Crippen LogP contribution in [0.15, 0.2) is 0 Å². The molecule has 0 radical (unpaired) electrons. The Morgan fingerprint density at radius 1 is 0.441 bits per heavy atom. The van der Waals surface area contributed by atoms with E-state index in [0.717, 1.165) is 181 Å². The first-order valence-electron chi connectivity index (χ1n) is 23.6. The molecule has 3 amide bonds. The molecule has 6 aliphatic rings. The molecule has 15 heteroatoms. The maximum absolute atomic E-state index is 12.7. The highest BCUT2D eigenvalue weighted by atomic mass is 16.2. The number of piperazine rings is 3. The van der Waals surface area contributed by atoms with E-state index in [1.807, 2.05) is 0 Å². The van der Waals surface area contributed by atoms with Gasteiger partial charge in [-0.3, -0.25) is 29.1 Å². The largest absolute Gasteiger partial charge is 0.343 e. The van der Waals surface area contributed by atoms with Crippen molar-refractivity contribution in [3.63, 3.8) is 0 Å². The van der Waals surface area contributed by atoms with Crippen molar-refractivity contribution in [2.75, 3.05) is 133 Å². The summed E-state index contributed by atoms with van der Waals surface area (Å²) >= 11 is 0. The molecule has 0 bridgehead atoms. The molecule has 7 rings (SSSR count). The molecule has 6 fully saturated rings. The van der Waals surface area contributed by atoms with Gasteiger partial charge in [-0.15, -0.1) is 0 Å². The Bertz CT molecular complexity index is 1430. The number of hydrogen-bond donors (Lipinski definition) is 0. The minimum Gasteiger partial charge on any atom is -0.343 e. The topological polar surface area (TPSA) is 119 Å². The summed E-state index contributed by atoms with van der Waals surface area (Å²) in [7, 11) is 0. The van der Waals surface area contributed by atoms with Crippen LogP contribution in [-0.2, 0) is 14.4 Å². The monoisotopic (exact) mass is 821 g/mol. The molecule has 0 aliphatic carbocycles. The van der Waals surface area contributed by atoms with Crippen LogP contribution in [0.2, 0.25) is 0 Å². The second-order valence-electron chi connectivity index (χ2n) is 19.1. The average molecular weight is 821 g/mol. The zero-order valence-electron chi connectivity index (χ0n) is 37.3. The molecule has 0 spiro atoms. The Balaban J connectivity index is 0.970. The van der Waals surface area contributed by atoms with Gasteiger partial charge >= 0.3 is 0 Å². The molecule has 59 heavy (non-hydrogen) atoms. The molecular weight excluding hydrogens is 745 g/mol. The molecule has 0 unspecified atom stereocenters. The second-order valence-corrected chi connectivity index (χ2v) is 19.1. The number of carbonyl (C=O) groups is 3. The Labute approximate surface area is 354 Å². The van der Waals surface area contributed by atoms with Crippen molar-refractivity contribution in [2.45, 2.75) is 117 Å². The molecular formula is C44H76N12O3. The van der Waals surface area contributed by atoms with E-state index >= 15 is 0 Å². The molecule has 0 aromatic carbocycles. The normalized spacial score (nSPS) is 23.2. The van der Waals surface area contributed by atoms with E-state index in [1.165, 1.54) is 0 Å². The number of nitrogens with zero attached hydrogens (tertiary/aromatic N) is 12. The number of amides is 3. The van der Waals surface area contributed by atoms with Gasteiger partial charge in [0.2, 0.25) is 35.6 Å². The number of likely N-dealkylation sites (tertiary alicyclic amines) is 3. The Morgan fingerprint density at radius 2 is 0.712 bits per heavy atom. The predicted molar refractivity (Wildman–Crippen MR) is 234 cm³/mol. The first-order chi connectivity index (χ1) is 28.5. The van der Waals surface area contributed by atoms with Gasteiger partial charge in [0.15, 0.2) is 0 Å². The lowest BCUT2D eigenvalue weighted by Crippen LogP contribution is -2.55. The van der Waals surface area contributed by atoms with Gasteiger partial charge in [0.25, 0.3) is 0 Å². The van der Waals surface area contributed by atoms with Crippen LogP contribution in [0, 0.1) is 11.8 Å². The smallest absolute Gasteiger partial charge is 0.232 e. The van der Waals surface area contributed by atoms with Crippen molar-refractivity contribution < 1.29 is 14.4 Å². The second kappa shape index (κ2) is 20.5. The number of aromatic nitrogens is 3. The minimum absolute atomic E-state index is 0.309. The first kappa shape index (κ1) is 43.8. The van der Waals surface area contributed by atoms with Crippen LogP contribution in [0.1, 0.15) is 98.8 Å². The molecule has 7 heterocycles. The molecule has 330 valence electrons. The lowest BCUT2D eigenvalue weighted by Gasteiger charge is -2.44. The summed E-state index contributed by atoms with van der Waals surface area (Å²) in [6, 6.07) is 1.57. The third-order valence-corrected chi connectivity index (χ3v) is 14.0. The standard InChI is InChI=1S/C44H76N12O3/c1-6-7-39(57)51-14-8-36(9-15-51)48-20-26-54(27-21-48)42-45-43(55-28-22-49(23-29-55)37-10-16-52(17-11-37)40(58)32-34(2)3)47-44(46-42)56-30-24-50(25-31-56)38-12-18-53(19-13-38)41(59)33-35(4)5/h34-38H,6-33H2,1-5H3. The van der Waals surface area contributed by atoms with Crippen molar-refractivity contribution in [3.05, 3.63) is 0 Å². The molecule has 0 N–H and O–H groups in total. The Hall–Kier alpha value is -3.30. The molecule has 1 aromatic heterocycles. The lowest BCUT2D eigenvalue weighted by atomic mass is 10.0.